The van der Waals surface area contributed by atoms with E-state index >= 15 is 0 Å². The second kappa shape index (κ2) is 4.72. The molecule has 0 N–H and O–H groups in total. The van der Waals surface area contributed by atoms with Crippen molar-refractivity contribution in [2.75, 3.05) is 20.5 Å². The number of fused-ring (bicyclic) bond motifs is 1. The fraction of sp³-hybridized carbons (Fsp3) is 0.364. The van der Waals surface area contributed by atoms with Gasteiger partial charge in [0.15, 0.2) is 17.3 Å². The van der Waals surface area contributed by atoms with Crippen LogP contribution in [0.25, 0.3) is 0 Å². The molecular weight excluding hydrogens is 232 g/mol. The van der Waals surface area contributed by atoms with Crippen LogP contribution in [-0.2, 0) is 4.74 Å². The summed E-state index contributed by atoms with van der Waals surface area (Å²) in [6.07, 6.45) is 0.301. The van der Waals surface area contributed by atoms with Crippen LogP contribution in [0.1, 0.15) is 16.8 Å². The number of hydrogen-bond donors (Lipinski definition) is 0. The molecule has 0 saturated carbocycles. The Morgan fingerprint density at radius 2 is 2.12 bits per heavy atom. The van der Waals surface area contributed by atoms with Crippen molar-refractivity contribution in [3.63, 3.8) is 0 Å². The number of hydrogen-bond acceptors (Lipinski definition) is 4. The van der Waals surface area contributed by atoms with E-state index in [4.69, 9.17) is 25.8 Å². The van der Waals surface area contributed by atoms with E-state index in [1.54, 1.807) is 19.2 Å². The maximum atomic E-state index is 11.8. The normalized spacial score (nSPS) is 12.9. The number of halogens is 1. The number of benzene rings is 1. The quantitative estimate of drug-likeness (QED) is 0.760. The van der Waals surface area contributed by atoms with Crippen molar-refractivity contribution in [2.45, 2.75) is 6.42 Å². The van der Waals surface area contributed by atoms with Crippen LogP contribution in [0.4, 0.5) is 0 Å². The second-order valence-corrected chi connectivity index (χ2v) is 3.76. The van der Waals surface area contributed by atoms with Crippen molar-refractivity contribution >= 4 is 17.4 Å². The Bertz CT molecular complexity index is 417. The Morgan fingerprint density at radius 1 is 1.44 bits per heavy atom. The predicted molar refractivity (Wildman–Crippen MR) is 58.4 cm³/mol. The first-order valence-electron chi connectivity index (χ1n) is 4.83. The van der Waals surface area contributed by atoms with Crippen LogP contribution in [0.5, 0.6) is 11.5 Å². The third kappa shape index (κ3) is 2.13. The average Bonchev–Trinajstić information content (AvgIpc) is 2.71. The summed E-state index contributed by atoms with van der Waals surface area (Å²) >= 11 is 5.98. The molecule has 16 heavy (non-hydrogen) atoms. The van der Waals surface area contributed by atoms with Gasteiger partial charge in [-0.05, 0) is 6.07 Å². The van der Waals surface area contributed by atoms with Gasteiger partial charge in [0, 0.05) is 25.2 Å². The van der Waals surface area contributed by atoms with E-state index < -0.39 is 0 Å². The molecule has 1 heterocycles. The highest BCUT2D eigenvalue weighted by Crippen LogP contribution is 2.37. The molecule has 5 heteroatoms. The molecule has 0 amide bonds. The smallest absolute Gasteiger partial charge is 0.231 e. The van der Waals surface area contributed by atoms with Gasteiger partial charge in [-0.2, -0.15) is 0 Å². The summed E-state index contributed by atoms with van der Waals surface area (Å²) in [7, 11) is 1.55. The molecule has 0 bridgehead atoms. The Hall–Kier alpha value is -1.26. The van der Waals surface area contributed by atoms with E-state index in [0.717, 1.165) is 0 Å². The first-order valence-corrected chi connectivity index (χ1v) is 5.21. The molecule has 1 aromatic carbocycles. The average molecular weight is 243 g/mol. The van der Waals surface area contributed by atoms with Crippen LogP contribution < -0.4 is 9.47 Å². The molecule has 0 radical (unpaired) electrons. The minimum atomic E-state index is -0.0647. The van der Waals surface area contributed by atoms with E-state index in [2.05, 4.69) is 0 Å². The van der Waals surface area contributed by atoms with Gasteiger partial charge in [-0.25, -0.2) is 0 Å². The van der Waals surface area contributed by atoms with Gasteiger partial charge in [0.2, 0.25) is 6.79 Å². The predicted octanol–water partition coefficient (Wildman–Crippen LogP) is 2.29. The zero-order chi connectivity index (χ0) is 11.5. The number of rotatable bonds is 4. The lowest BCUT2D eigenvalue weighted by Gasteiger charge is -2.04. The Morgan fingerprint density at radius 3 is 2.81 bits per heavy atom. The Labute approximate surface area is 98.1 Å². The molecule has 0 unspecified atom stereocenters. The van der Waals surface area contributed by atoms with Crippen molar-refractivity contribution in [1.29, 1.82) is 0 Å². The van der Waals surface area contributed by atoms with Crippen LogP contribution in [0.2, 0.25) is 5.02 Å². The summed E-state index contributed by atoms with van der Waals surface area (Å²) in [4.78, 5) is 11.8. The molecule has 0 saturated heterocycles. The first kappa shape index (κ1) is 11.2. The molecule has 1 aliphatic rings. The second-order valence-electron chi connectivity index (χ2n) is 3.35. The van der Waals surface area contributed by atoms with Crippen LogP contribution in [0.15, 0.2) is 12.1 Å². The summed E-state index contributed by atoms with van der Waals surface area (Å²) in [6, 6.07) is 3.21. The molecule has 0 spiro atoms. The van der Waals surface area contributed by atoms with Gasteiger partial charge in [0.25, 0.3) is 0 Å². The van der Waals surface area contributed by atoms with Gasteiger partial charge in [-0.3, -0.25) is 4.79 Å². The highest BCUT2D eigenvalue weighted by atomic mass is 35.5. The van der Waals surface area contributed by atoms with Gasteiger partial charge in [-0.15, -0.1) is 0 Å². The van der Waals surface area contributed by atoms with Gasteiger partial charge < -0.3 is 14.2 Å². The fourth-order valence-electron chi connectivity index (χ4n) is 1.46. The van der Waals surface area contributed by atoms with Crippen molar-refractivity contribution in [2.24, 2.45) is 0 Å². The lowest BCUT2D eigenvalue weighted by Crippen LogP contribution is -2.04. The molecule has 0 atom stereocenters. The summed E-state index contributed by atoms with van der Waals surface area (Å²) < 4.78 is 15.2. The molecular formula is C11H11ClO4. The lowest BCUT2D eigenvalue weighted by atomic mass is 10.1. The van der Waals surface area contributed by atoms with Gasteiger partial charge >= 0.3 is 0 Å². The van der Waals surface area contributed by atoms with Crippen LogP contribution in [0.3, 0.4) is 0 Å². The van der Waals surface area contributed by atoms with Crippen LogP contribution in [-0.4, -0.2) is 26.3 Å². The maximum Gasteiger partial charge on any atom is 0.231 e. The number of Topliss-reactive ketones (excluding diaryl/α,β-unsaturated/α-hetero) is 1. The van der Waals surface area contributed by atoms with E-state index in [1.807, 2.05) is 0 Å². The third-order valence-corrected chi connectivity index (χ3v) is 2.61. The van der Waals surface area contributed by atoms with Gasteiger partial charge in [0.1, 0.15) is 0 Å². The number of methoxy groups -OCH3 is 1. The van der Waals surface area contributed by atoms with Gasteiger partial charge in [0.05, 0.1) is 11.6 Å². The summed E-state index contributed by atoms with van der Waals surface area (Å²) in [5, 5.41) is 0.380. The monoisotopic (exact) mass is 242 g/mol. The van der Waals surface area contributed by atoms with Crippen LogP contribution >= 0.6 is 11.6 Å². The summed E-state index contributed by atoms with van der Waals surface area (Å²) in [5.41, 5.74) is 0.447. The molecule has 1 aliphatic heterocycles. The number of ketones is 1. The Kier molecular flexibility index (Phi) is 3.31. The molecule has 4 nitrogen and oxygen atoms in total. The Balaban J connectivity index is 2.24. The topological polar surface area (TPSA) is 44.8 Å². The zero-order valence-corrected chi connectivity index (χ0v) is 9.54. The third-order valence-electron chi connectivity index (χ3n) is 2.30. The van der Waals surface area contributed by atoms with Crippen molar-refractivity contribution in [1.82, 2.24) is 0 Å². The molecule has 0 aliphatic carbocycles. The maximum absolute atomic E-state index is 11.8. The SMILES string of the molecule is COCCC(=O)c1cc2c(cc1Cl)OCO2. The van der Waals surface area contributed by atoms with E-state index in [9.17, 15) is 4.79 Å². The van der Waals surface area contributed by atoms with Crippen molar-refractivity contribution in [3.05, 3.63) is 22.7 Å². The minimum Gasteiger partial charge on any atom is -0.454 e. The van der Waals surface area contributed by atoms with E-state index in [1.165, 1.54) is 0 Å². The molecule has 2 rings (SSSR count). The van der Waals surface area contributed by atoms with Crippen LogP contribution in [0, 0.1) is 0 Å². The lowest BCUT2D eigenvalue weighted by molar-refractivity contribution is 0.0932. The highest BCUT2D eigenvalue weighted by Gasteiger charge is 2.19. The first-order chi connectivity index (χ1) is 7.72. The fourth-order valence-corrected chi connectivity index (χ4v) is 1.72. The number of carbonyl (C=O) groups excluding carboxylic acids is 1. The number of ether oxygens (including phenoxy) is 3. The number of carbonyl (C=O) groups is 1. The standard InChI is InChI=1S/C11H11ClO4/c1-14-3-2-9(13)7-4-10-11(5-8(7)12)16-6-15-10/h4-5H,2-3,6H2,1H3. The molecule has 0 aromatic heterocycles. The molecule has 0 fully saturated rings. The highest BCUT2D eigenvalue weighted by molar-refractivity contribution is 6.34. The summed E-state index contributed by atoms with van der Waals surface area (Å²) in [6.45, 7) is 0.547. The summed E-state index contributed by atoms with van der Waals surface area (Å²) in [5.74, 6) is 1.07. The minimum absolute atomic E-state index is 0.0647. The van der Waals surface area contributed by atoms with E-state index in [-0.39, 0.29) is 12.6 Å². The van der Waals surface area contributed by atoms with Crippen molar-refractivity contribution < 1.29 is 19.0 Å². The van der Waals surface area contributed by atoms with Gasteiger partial charge in [-0.1, -0.05) is 11.6 Å². The molecule has 1 aromatic rings. The molecule has 86 valence electrons. The zero-order valence-electron chi connectivity index (χ0n) is 8.79. The van der Waals surface area contributed by atoms with E-state index in [0.29, 0.717) is 35.1 Å². The van der Waals surface area contributed by atoms with Crippen molar-refractivity contribution in [3.8, 4) is 11.5 Å². The largest absolute Gasteiger partial charge is 0.454 e.